The first kappa shape index (κ1) is 55.0. The molecule has 6 rings (SSSR count). The number of carbonyl (C=O) groups is 3. The fourth-order valence-electron chi connectivity index (χ4n) is 8.18. The zero-order chi connectivity index (χ0) is 52.4. The molecule has 4 aromatic rings. The number of hydrogen-bond donors (Lipinski definition) is 7. The Kier molecular flexibility index (Phi) is 18.1. The van der Waals surface area contributed by atoms with E-state index in [9.17, 15) is 19.6 Å². The van der Waals surface area contributed by atoms with Crippen molar-refractivity contribution in [1.82, 2.24) is 40.8 Å². The largest absolute Gasteiger partial charge is 0.444 e. The number of hydrogen-bond acceptors (Lipinski definition) is 16. The van der Waals surface area contributed by atoms with E-state index in [1.807, 2.05) is 77.9 Å². The lowest BCUT2D eigenvalue weighted by Gasteiger charge is -2.29. The van der Waals surface area contributed by atoms with Gasteiger partial charge in [0.05, 0.1) is 0 Å². The second kappa shape index (κ2) is 23.3. The van der Waals surface area contributed by atoms with Gasteiger partial charge in [0.2, 0.25) is 11.9 Å². The Bertz CT molecular complexity index is 2550. The van der Waals surface area contributed by atoms with Crippen LogP contribution in [0.2, 0.25) is 0 Å². The molecule has 2 saturated heterocycles. The lowest BCUT2D eigenvalue weighted by Crippen LogP contribution is -2.36. The van der Waals surface area contributed by atoms with Gasteiger partial charge in [0.15, 0.2) is 11.6 Å². The summed E-state index contributed by atoms with van der Waals surface area (Å²) >= 11 is 0. The van der Waals surface area contributed by atoms with Crippen LogP contribution < -0.4 is 47.0 Å². The zero-order valence-corrected chi connectivity index (χ0v) is 44.6. The van der Waals surface area contributed by atoms with Gasteiger partial charge in [0.1, 0.15) is 28.9 Å². The number of rotatable bonds is 14. The lowest BCUT2D eigenvalue weighted by molar-refractivity contribution is 0.0293. The number of nitrogens with zero attached hydrogens (tertiary/aromatic N) is 8. The van der Waals surface area contributed by atoms with E-state index in [4.69, 9.17) is 19.7 Å². The van der Waals surface area contributed by atoms with Crippen molar-refractivity contribution < 1.29 is 19.1 Å². The van der Waals surface area contributed by atoms with Gasteiger partial charge in [0.25, 0.3) is 11.8 Å². The second-order valence-electron chi connectivity index (χ2n) is 21.8. The molecule has 71 heavy (non-hydrogen) atoms. The molecule has 0 aliphatic carbocycles. The molecule has 0 spiro atoms. The highest BCUT2D eigenvalue weighted by atomic mass is 16.6. The summed E-state index contributed by atoms with van der Waals surface area (Å²) in [4.78, 5) is 61.6. The first-order valence-electron chi connectivity index (χ1n) is 24.3. The third-order valence-corrected chi connectivity index (χ3v) is 11.4. The van der Waals surface area contributed by atoms with E-state index in [2.05, 4.69) is 94.7 Å². The summed E-state index contributed by atoms with van der Waals surface area (Å²) < 4.78 is 5.53. The molecule has 0 bridgehead atoms. The third kappa shape index (κ3) is 16.3. The molecule has 2 aliphatic heterocycles. The normalized spacial score (nSPS) is 15.7. The van der Waals surface area contributed by atoms with Gasteiger partial charge in [-0.25, -0.2) is 4.79 Å². The summed E-state index contributed by atoms with van der Waals surface area (Å²) in [5, 5.41) is 32.2. The minimum absolute atomic E-state index is 0.00291. The molecule has 7 N–H and O–H groups in total. The van der Waals surface area contributed by atoms with E-state index in [-0.39, 0.29) is 40.8 Å². The minimum atomic E-state index is -0.536. The monoisotopic (exact) mass is 976 g/mol. The number of nitriles is 1. The molecule has 3 amide bonds. The Hall–Kier alpha value is -6.94. The van der Waals surface area contributed by atoms with Crippen LogP contribution in [0.4, 0.5) is 51.3 Å². The minimum Gasteiger partial charge on any atom is -0.444 e. The lowest BCUT2D eigenvalue weighted by atomic mass is 9.96. The summed E-state index contributed by atoms with van der Waals surface area (Å²) in [7, 11) is 7.16. The topological polar surface area (TPSA) is 230 Å². The highest BCUT2D eigenvalue weighted by molar-refractivity contribution is 5.96. The zero-order valence-electron chi connectivity index (χ0n) is 44.6. The van der Waals surface area contributed by atoms with E-state index in [0.717, 1.165) is 55.1 Å². The highest BCUT2D eigenvalue weighted by Gasteiger charge is 2.31. The molecule has 2 aromatic carbocycles. The summed E-state index contributed by atoms with van der Waals surface area (Å²) in [6, 6.07) is 15.4. The first-order chi connectivity index (χ1) is 33.2. The van der Waals surface area contributed by atoms with Crippen LogP contribution in [-0.4, -0.2) is 128 Å². The van der Waals surface area contributed by atoms with Crippen LogP contribution in [0.25, 0.3) is 0 Å². The van der Waals surface area contributed by atoms with Gasteiger partial charge in [-0.1, -0.05) is 53.7 Å². The van der Waals surface area contributed by atoms with Crippen LogP contribution in [0.5, 0.6) is 0 Å². The summed E-state index contributed by atoms with van der Waals surface area (Å²) in [5.41, 5.74) is 4.42. The van der Waals surface area contributed by atoms with Crippen molar-refractivity contribution in [2.45, 2.75) is 107 Å². The predicted molar refractivity (Wildman–Crippen MR) is 285 cm³/mol. The molecular formula is C52H77N15O4. The number of likely N-dealkylation sites (tertiary alicyclic amines) is 1. The Balaban J connectivity index is 0.000000267. The number of aryl methyl sites for hydroxylation is 2. The van der Waals surface area contributed by atoms with Gasteiger partial charge >= 0.3 is 6.09 Å². The third-order valence-electron chi connectivity index (χ3n) is 11.4. The van der Waals surface area contributed by atoms with Crippen LogP contribution in [0.3, 0.4) is 0 Å². The Morgan fingerprint density at radius 2 is 1.32 bits per heavy atom. The average molecular weight is 976 g/mol. The van der Waals surface area contributed by atoms with Crippen molar-refractivity contribution in [2.75, 3.05) is 98.5 Å². The fraction of sp³-hybridized carbons (Fsp3) is 0.538. The quantitative estimate of drug-likeness (QED) is 0.0639. The van der Waals surface area contributed by atoms with E-state index < -0.39 is 5.60 Å². The van der Waals surface area contributed by atoms with Gasteiger partial charge in [0, 0.05) is 102 Å². The van der Waals surface area contributed by atoms with Crippen LogP contribution >= 0.6 is 0 Å². The van der Waals surface area contributed by atoms with Gasteiger partial charge in [-0.2, -0.15) is 25.2 Å². The maximum absolute atomic E-state index is 12.5. The molecular weight excluding hydrogens is 899 g/mol. The molecule has 0 saturated carbocycles. The second-order valence-corrected chi connectivity index (χ2v) is 21.8. The standard InChI is InChI=1S/C28H43N7O3.C24H34N8O/c1-18-10-11-19(24(36)29-8)14-21(18)31-22-15-23(34(9)17-27(2,3)4)33-25(32-22)30-20-12-13-35(16-20)26(37)38-28(5,6)7;1-15-7-8-16(22(33)26-5)11-19(15)29-20-18(12-25)21(32(6)14-24(2,3)4)31-23(30-20)28-17-9-10-27-13-17/h10-11,14-15,20H,12-13,16-17H2,1-9H3,(H,29,36)(H2,30,31,32,33);7-8,11,17,27H,9-10,13-14H2,1-6H3,(H,26,33)(H2,28,29,30,31)/t20-;17-/m11/s1. The van der Waals surface area contributed by atoms with E-state index in [1.165, 1.54) is 0 Å². The highest BCUT2D eigenvalue weighted by Crippen LogP contribution is 2.32. The van der Waals surface area contributed by atoms with Crippen LogP contribution in [0.15, 0.2) is 42.5 Å². The molecule has 19 nitrogen and oxygen atoms in total. The number of anilines is 8. The van der Waals surface area contributed by atoms with Gasteiger partial charge in [-0.15, -0.1) is 0 Å². The van der Waals surface area contributed by atoms with Gasteiger partial charge in [-0.05, 0) is 100 Å². The van der Waals surface area contributed by atoms with Crippen molar-refractivity contribution in [3.8, 4) is 6.07 Å². The van der Waals surface area contributed by atoms with Crippen molar-refractivity contribution >= 4 is 64.5 Å². The average Bonchev–Trinajstić information content (AvgIpc) is 3.98. The Labute approximate surface area is 420 Å². The summed E-state index contributed by atoms with van der Waals surface area (Å²) in [5.74, 6) is 2.97. The molecule has 19 heteroatoms. The van der Waals surface area contributed by atoms with Gasteiger partial charge in [-0.3, -0.25) is 9.59 Å². The number of aromatic nitrogens is 4. The molecule has 2 fully saturated rings. The fourth-order valence-corrected chi connectivity index (χ4v) is 8.18. The Morgan fingerprint density at radius 1 is 0.761 bits per heavy atom. The van der Waals surface area contributed by atoms with E-state index >= 15 is 0 Å². The molecule has 2 atom stereocenters. The number of benzene rings is 2. The molecule has 0 unspecified atom stereocenters. The molecule has 2 aromatic heterocycles. The maximum Gasteiger partial charge on any atom is 0.410 e. The van der Waals surface area contributed by atoms with E-state index in [1.54, 1.807) is 37.2 Å². The number of ether oxygens (including phenoxy) is 1. The molecule has 4 heterocycles. The Morgan fingerprint density at radius 3 is 1.86 bits per heavy atom. The number of nitrogens with one attached hydrogen (secondary N) is 7. The number of carbonyl (C=O) groups excluding carboxylic acids is 3. The summed E-state index contributed by atoms with van der Waals surface area (Å²) in [6.45, 7) is 26.9. The van der Waals surface area contributed by atoms with Crippen molar-refractivity contribution in [3.05, 3.63) is 70.3 Å². The molecule has 0 radical (unpaired) electrons. The molecule has 2 aliphatic rings. The van der Waals surface area contributed by atoms with Crippen molar-refractivity contribution in [2.24, 2.45) is 10.8 Å². The first-order valence-corrected chi connectivity index (χ1v) is 24.3. The van der Waals surface area contributed by atoms with Crippen LogP contribution in [0, 0.1) is 36.0 Å². The van der Waals surface area contributed by atoms with Crippen molar-refractivity contribution in [3.63, 3.8) is 0 Å². The van der Waals surface area contributed by atoms with Crippen LogP contribution in [0.1, 0.15) is 113 Å². The SMILES string of the molecule is CNC(=O)c1ccc(C)c(Nc2cc(N(C)CC(C)(C)C)nc(N[C@@H]3CCN(C(=O)OC(C)(C)C)C3)n2)c1.CNC(=O)c1ccc(C)c(Nc2nc(N[C@@H]3CCNC3)nc(N(C)CC(C)(C)C)c2C#N)c1. The van der Waals surface area contributed by atoms with Crippen LogP contribution in [-0.2, 0) is 4.74 Å². The predicted octanol–water partition coefficient (Wildman–Crippen LogP) is 7.81. The number of amides is 3. The van der Waals surface area contributed by atoms with Crippen molar-refractivity contribution in [1.29, 1.82) is 5.26 Å². The smallest absolute Gasteiger partial charge is 0.410 e. The maximum atomic E-state index is 12.5. The summed E-state index contributed by atoms with van der Waals surface area (Å²) in [6.07, 6.45) is 1.43. The van der Waals surface area contributed by atoms with Gasteiger partial charge < -0.3 is 56.7 Å². The molecule has 384 valence electrons. The van der Waals surface area contributed by atoms with E-state index in [0.29, 0.717) is 71.4 Å².